The number of hydrogen-bond donors (Lipinski definition) is 2. The van der Waals surface area contributed by atoms with E-state index in [1.54, 1.807) is 12.3 Å². The molecule has 174 valence electrons. The van der Waals surface area contributed by atoms with Crippen molar-refractivity contribution in [1.82, 2.24) is 14.6 Å². The van der Waals surface area contributed by atoms with Crippen molar-refractivity contribution in [2.75, 3.05) is 11.9 Å². The minimum absolute atomic E-state index is 0.0190. The molecule has 8 heteroatoms. The third-order valence-corrected chi connectivity index (χ3v) is 7.93. The van der Waals surface area contributed by atoms with Crippen LogP contribution in [0.15, 0.2) is 42.1 Å². The van der Waals surface area contributed by atoms with Gasteiger partial charge in [-0.15, -0.1) is 0 Å². The standard InChI is InChI=1S/C25H30N4O3S/c30-25(27-24-22-9-1-6-19(22)15-20-7-2-10-23(20)24)28-33(31,32)14-11-21-8-4-13-29(21)17-18-5-3-12-26-16-18/h3,5,11-12,14-16,21H,1-2,4,6-10,13,17H2,(H2,27,28,30). The van der Waals surface area contributed by atoms with Crippen molar-refractivity contribution in [3.63, 3.8) is 0 Å². The summed E-state index contributed by atoms with van der Waals surface area (Å²) < 4.78 is 27.4. The predicted molar refractivity (Wildman–Crippen MR) is 128 cm³/mol. The van der Waals surface area contributed by atoms with E-state index in [4.69, 9.17) is 0 Å². The van der Waals surface area contributed by atoms with Gasteiger partial charge in [-0.3, -0.25) is 9.88 Å². The quantitative estimate of drug-likeness (QED) is 0.678. The van der Waals surface area contributed by atoms with Crippen molar-refractivity contribution in [3.05, 3.63) is 69.9 Å². The number of sulfonamides is 1. The molecule has 0 saturated carbocycles. The number of pyridine rings is 1. The normalized spacial score (nSPS) is 20.2. The number of anilines is 1. The Morgan fingerprint density at radius 1 is 1.12 bits per heavy atom. The zero-order chi connectivity index (χ0) is 22.8. The van der Waals surface area contributed by atoms with Gasteiger partial charge in [-0.1, -0.05) is 18.2 Å². The number of amides is 2. The highest BCUT2D eigenvalue weighted by Gasteiger charge is 2.26. The first kappa shape index (κ1) is 22.1. The van der Waals surface area contributed by atoms with Crippen LogP contribution in [-0.4, -0.2) is 36.9 Å². The fraction of sp³-hybridized carbons (Fsp3) is 0.440. The number of benzene rings is 1. The topological polar surface area (TPSA) is 91.4 Å². The second kappa shape index (κ2) is 9.27. The lowest BCUT2D eigenvalue weighted by molar-refractivity contribution is 0.256. The highest BCUT2D eigenvalue weighted by Crippen LogP contribution is 2.38. The first-order valence-corrected chi connectivity index (χ1v) is 13.3. The van der Waals surface area contributed by atoms with Crippen molar-refractivity contribution in [2.24, 2.45) is 0 Å². The molecule has 2 aromatic rings. The first-order valence-electron chi connectivity index (χ1n) is 11.8. The first-order chi connectivity index (χ1) is 16.0. The summed E-state index contributed by atoms with van der Waals surface area (Å²) in [4.78, 5) is 19.1. The number of rotatable bonds is 6. The number of urea groups is 1. The Morgan fingerprint density at radius 2 is 1.88 bits per heavy atom. The van der Waals surface area contributed by atoms with Crippen molar-refractivity contribution in [2.45, 2.75) is 64.0 Å². The van der Waals surface area contributed by atoms with E-state index in [9.17, 15) is 13.2 Å². The Bertz CT molecular complexity index is 1150. The van der Waals surface area contributed by atoms with Gasteiger partial charge in [0.2, 0.25) is 0 Å². The summed E-state index contributed by atoms with van der Waals surface area (Å²) in [5.41, 5.74) is 6.88. The van der Waals surface area contributed by atoms with Gasteiger partial charge in [-0.05, 0) is 91.8 Å². The molecule has 2 aliphatic carbocycles. The largest absolute Gasteiger partial charge is 0.333 e. The number of aryl methyl sites for hydroxylation is 2. The summed E-state index contributed by atoms with van der Waals surface area (Å²) in [5.74, 6) is 0. The number of likely N-dealkylation sites (tertiary alicyclic amines) is 1. The zero-order valence-corrected chi connectivity index (χ0v) is 19.5. The molecule has 1 fully saturated rings. The number of carbonyl (C=O) groups excluding carboxylic acids is 1. The van der Waals surface area contributed by atoms with Crippen LogP contribution in [0.4, 0.5) is 10.5 Å². The molecule has 2 N–H and O–H groups in total. The summed E-state index contributed by atoms with van der Waals surface area (Å²) in [6.07, 6.45) is 13.2. The molecule has 1 saturated heterocycles. The predicted octanol–water partition coefficient (Wildman–Crippen LogP) is 3.69. The molecule has 33 heavy (non-hydrogen) atoms. The minimum atomic E-state index is -3.89. The van der Waals surface area contributed by atoms with Gasteiger partial charge in [0.05, 0.1) is 0 Å². The molecular weight excluding hydrogens is 436 g/mol. The van der Waals surface area contributed by atoms with Gasteiger partial charge in [0.15, 0.2) is 0 Å². The maximum absolute atomic E-state index is 12.7. The number of fused-ring (bicyclic) bond motifs is 2. The average Bonchev–Trinajstić information content (AvgIpc) is 3.53. The second-order valence-electron chi connectivity index (χ2n) is 9.21. The highest BCUT2D eigenvalue weighted by atomic mass is 32.2. The van der Waals surface area contributed by atoms with Gasteiger partial charge in [-0.25, -0.2) is 17.9 Å². The summed E-state index contributed by atoms with van der Waals surface area (Å²) in [6, 6.07) is 5.54. The van der Waals surface area contributed by atoms with Gasteiger partial charge in [0, 0.05) is 36.1 Å². The number of aromatic nitrogens is 1. The molecule has 1 aromatic carbocycles. The molecule has 0 radical (unpaired) electrons. The lowest BCUT2D eigenvalue weighted by Gasteiger charge is -2.21. The van der Waals surface area contributed by atoms with Crippen molar-refractivity contribution in [1.29, 1.82) is 0 Å². The van der Waals surface area contributed by atoms with Gasteiger partial charge in [-0.2, -0.15) is 0 Å². The Morgan fingerprint density at radius 3 is 2.58 bits per heavy atom. The van der Waals surface area contributed by atoms with Crippen LogP contribution in [0, 0.1) is 0 Å². The maximum Gasteiger partial charge on any atom is 0.333 e. The molecule has 7 nitrogen and oxygen atoms in total. The van der Waals surface area contributed by atoms with E-state index in [2.05, 4.69) is 26.0 Å². The Labute approximate surface area is 195 Å². The molecule has 2 heterocycles. The minimum Gasteiger partial charge on any atom is -0.307 e. The number of nitrogens with one attached hydrogen (secondary N) is 2. The van der Waals surface area contributed by atoms with Gasteiger partial charge in [0.25, 0.3) is 10.0 Å². The molecule has 2 amide bonds. The van der Waals surface area contributed by atoms with Crippen LogP contribution in [0.5, 0.6) is 0 Å². The Balaban J connectivity index is 1.24. The van der Waals surface area contributed by atoms with Gasteiger partial charge >= 0.3 is 6.03 Å². The summed E-state index contributed by atoms with van der Waals surface area (Å²) in [7, 11) is -3.89. The third kappa shape index (κ3) is 4.96. The van der Waals surface area contributed by atoms with Crippen molar-refractivity contribution in [3.8, 4) is 0 Å². The summed E-state index contributed by atoms with van der Waals surface area (Å²) in [6.45, 7) is 1.63. The lowest BCUT2D eigenvalue weighted by atomic mass is 9.99. The van der Waals surface area contributed by atoms with E-state index in [1.807, 2.05) is 18.3 Å². The molecule has 1 aromatic heterocycles. The molecule has 5 rings (SSSR count). The van der Waals surface area contributed by atoms with Crippen LogP contribution < -0.4 is 10.0 Å². The van der Waals surface area contributed by atoms with E-state index >= 15 is 0 Å². The molecule has 3 aliphatic rings. The summed E-state index contributed by atoms with van der Waals surface area (Å²) >= 11 is 0. The Hall–Kier alpha value is -2.71. The molecular formula is C25H30N4O3S. The van der Waals surface area contributed by atoms with E-state index in [1.165, 1.54) is 22.3 Å². The fourth-order valence-corrected chi connectivity index (χ4v) is 6.22. The molecule has 0 spiro atoms. The van der Waals surface area contributed by atoms with Crippen molar-refractivity contribution < 1.29 is 13.2 Å². The van der Waals surface area contributed by atoms with Crippen LogP contribution in [-0.2, 0) is 42.3 Å². The number of carbonyl (C=O) groups is 1. The molecule has 1 unspecified atom stereocenters. The Kier molecular flexibility index (Phi) is 6.21. The number of nitrogens with zero attached hydrogens (tertiary/aromatic N) is 2. The van der Waals surface area contributed by atoms with Crippen LogP contribution >= 0.6 is 0 Å². The highest BCUT2D eigenvalue weighted by molar-refractivity contribution is 7.92. The third-order valence-electron chi connectivity index (χ3n) is 6.95. The second-order valence-corrected chi connectivity index (χ2v) is 10.8. The van der Waals surface area contributed by atoms with E-state index in [-0.39, 0.29) is 6.04 Å². The fourth-order valence-electron chi connectivity index (χ4n) is 5.46. The number of hydrogen-bond acceptors (Lipinski definition) is 5. The molecule has 1 aliphatic heterocycles. The lowest BCUT2D eigenvalue weighted by Crippen LogP contribution is -2.34. The maximum atomic E-state index is 12.7. The van der Waals surface area contributed by atoms with Crippen molar-refractivity contribution >= 4 is 21.7 Å². The van der Waals surface area contributed by atoms with Gasteiger partial charge in [0.1, 0.15) is 0 Å². The summed E-state index contributed by atoms with van der Waals surface area (Å²) in [5, 5.41) is 4.03. The van der Waals surface area contributed by atoms with Crippen LogP contribution in [0.1, 0.15) is 53.5 Å². The monoisotopic (exact) mass is 466 g/mol. The average molecular weight is 467 g/mol. The van der Waals surface area contributed by atoms with E-state index < -0.39 is 16.1 Å². The SMILES string of the molecule is O=C(Nc1c2c(cc3c1CCC3)CCC2)NS(=O)(=O)C=CC1CCCN1Cc1cccnc1. The smallest absolute Gasteiger partial charge is 0.307 e. The van der Waals surface area contributed by atoms with E-state index in [0.29, 0.717) is 0 Å². The zero-order valence-electron chi connectivity index (χ0n) is 18.7. The van der Waals surface area contributed by atoms with Crippen LogP contribution in [0.3, 0.4) is 0 Å². The van der Waals surface area contributed by atoms with Gasteiger partial charge < -0.3 is 5.32 Å². The van der Waals surface area contributed by atoms with E-state index in [0.717, 1.165) is 81.1 Å². The molecule has 0 bridgehead atoms. The molecule has 1 atom stereocenters. The van der Waals surface area contributed by atoms with Crippen LogP contribution in [0.2, 0.25) is 0 Å². The van der Waals surface area contributed by atoms with Crippen LogP contribution in [0.25, 0.3) is 0 Å².